The van der Waals surface area contributed by atoms with Crippen LogP contribution in [-0.4, -0.2) is 36.9 Å². The summed E-state index contributed by atoms with van der Waals surface area (Å²) in [4.78, 5) is 14.2. The molecule has 0 saturated carbocycles. The molecule has 1 spiro atoms. The van der Waals surface area contributed by atoms with Crippen molar-refractivity contribution < 1.29 is 14.3 Å². The van der Waals surface area contributed by atoms with Gasteiger partial charge < -0.3 is 14.4 Å². The first-order chi connectivity index (χ1) is 10.2. The first-order valence-corrected chi connectivity index (χ1v) is 7.53. The van der Waals surface area contributed by atoms with Crippen molar-refractivity contribution in [2.24, 2.45) is 0 Å². The first kappa shape index (κ1) is 13.0. The van der Waals surface area contributed by atoms with Gasteiger partial charge in [-0.1, -0.05) is 24.3 Å². The van der Waals surface area contributed by atoms with Crippen molar-refractivity contribution in [2.75, 3.05) is 20.3 Å². The molecule has 4 nitrogen and oxygen atoms in total. The van der Waals surface area contributed by atoms with Crippen LogP contribution in [0.2, 0.25) is 0 Å². The molecule has 1 atom stereocenters. The summed E-state index contributed by atoms with van der Waals surface area (Å²) >= 11 is 0. The summed E-state index contributed by atoms with van der Waals surface area (Å²) in [7, 11) is 1.89. The summed E-state index contributed by atoms with van der Waals surface area (Å²) in [5, 5.41) is 0. The molecule has 4 heteroatoms. The zero-order valence-electron chi connectivity index (χ0n) is 12.2. The van der Waals surface area contributed by atoms with Crippen LogP contribution in [0.15, 0.2) is 35.9 Å². The van der Waals surface area contributed by atoms with Crippen LogP contribution in [0.3, 0.4) is 0 Å². The molecular weight excluding hydrogens is 266 g/mol. The van der Waals surface area contributed by atoms with Crippen molar-refractivity contribution in [1.82, 2.24) is 4.90 Å². The molecule has 110 valence electrons. The second-order valence-corrected chi connectivity index (χ2v) is 6.00. The molecule has 0 aromatic heterocycles. The van der Waals surface area contributed by atoms with E-state index in [4.69, 9.17) is 9.47 Å². The van der Waals surface area contributed by atoms with Crippen molar-refractivity contribution in [3.05, 3.63) is 47.0 Å². The van der Waals surface area contributed by atoms with Crippen molar-refractivity contribution in [2.45, 2.75) is 31.1 Å². The molecule has 0 bridgehead atoms. The summed E-state index contributed by atoms with van der Waals surface area (Å²) in [6.07, 6.45) is 4.78. The molecule has 1 saturated heterocycles. The third-order valence-corrected chi connectivity index (χ3v) is 4.83. The number of hydrogen-bond donors (Lipinski definition) is 0. The maximum Gasteiger partial charge on any atom is 0.254 e. The van der Waals surface area contributed by atoms with Crippen LogP contribution in [-0.2, 0) is 9.47 Å². The largest absolute Gasteiger partial charge is 0.347 e. The second-order valence-electron chi connectivity index (χ2n) is 6.00. The lowest BCUT2D eigenvalue weighted by Crippen LogP contribution is -2.34. The average molecular weight is 285 g/mol. The van der Waals surface area contributed by atoms with Gasteiger partial charge in [0.1, 0.15) is 0 Å². The van der Waals surface area contributed by atoms with Crippen molar-refractivity contribution >= 4 is 5.91 Å². The van der Waals surface area contributed by atoms with E-state index >= 15 is 0 Å². The zero-order chi connectivity index (χ0) is 14.4. The van der Waals surface area contributed by atoms with Crippen LogP contribution >= 0.6 is 0 Å². The van der Waals surface area contributed by atoms with E-state index in [1.54, 1.807) is 0 Å². The number of carbonyl (C=O) groups is 1. The number of amides is 1. The Balaban J connectivity index is 1.65. The Hall–Kier alpha value is -1.65. The summed E-state index contributed by atoms with van der Waals surface area (Å²) in [5.74, 6) is -0.283. The number of nitrogens with zero attached hydrogens (tertiary/aromatic N) is 1. The van der Waals surface area contributed by atoms with Crippen LogP contribution in [0, 0.1) is 0 Å². The molecule has 1 aromatic carbocycles. The molecule has 3 aliphatic rings. The molecule has 21 heavy (non-hydrogen) atoms. The molecule has 1 aromatic rings. The van der Waals surface area contributed by atoms with Crippen molar-refractivity contribution in [1.29, 1.82) is 0 Å². The highest BCUT2D eigenvalue weighted by Crippen LogP contribution is 2.44. The van der Waals surface area contributed by atoms with Gasteiger partial charge >= 0.3 is 0 Å². The maximum atomic E-state index is 12.3. The minimum Gasteiger partial charge on any atom is -0.347 e. The monoisotopic (exact) mass is 285 g/mol. The van der Waals surface area contributed by atoms with E-state index in [-0.39, 0.29) is 11.9 Å². The summed E-state index contributed by atoms with van der Waals surface area (Å²) in [6.45, 7) is 1.38. The van der Waals surface area contributed by atoms with Crippen LogP contribution in [0.1, 0.15) is 41.2 Å². The van der Waals surface area contributed by atoms with E-state index in [9.17, 15) is 4.79 Å². The molecule has 2 aliphatic heterocycles. The predicted molar refractivity (Wildman–Crippen MR) is 77.8 cm³/mol. The van der Waals surface area contributed by atoms with Crippen LogP contribution < -0.4 is 0 Å². The first-order valence-electron chi connectivity index (χ1n) is 7.53. The van der Waals surface area contributed by atoms with Gasteiger partial charge in [0.25, 0.3) is 5.91 Å². The molecule has 1 amide bonds. The van der Waals surface area contributed by atoms with Gasteiger partial charge in [-0.05, 0) is 23.6 Å². The Morgan fingerprint density at radius 2 is 2.00 bits per heavy atom. The zero-order valence-corrected chi connectivity index (χ0v) is 12.2. The highest BCUT2D eigenvalue weighted by Gasteiger charge is 2.42. The molecule has 4 rings (SSSR count). The van der Waals surface area contributed by atoms with E-state index in [0.717, 1.165) is 30.4 Å². The predicted octanol–water partition coefficient (Wildman–Crippen LogP) is 2.67. The number of fused-ring (bicyclic) bond motifs is 1. The van der Waals surface area contributed by atoms with Crippen molar-refractivity contribution in [3.8, 4) is 0 Å². The normalized spacial score (nSPS) is 27.1. The van der Waals surface area contributed by atoms with Crippen LogP contribution in [0.25, 0.3) is 0 Å². The molecule has 0 N–H and O–H groups in total. The third-order valence-electron chi connectivity index (χ3n) is 4.83. The fourth-order valence-corrected chi connectivity index (χ4v) is 3.73. The average Bonchev–Trinajstić information content (AvgIpc) is 3.06. The lowest BCUT2D eigenvalue weighted by Gasteiger charge is -2.34. The number of rotatable bonds is 1. The van der Waals surface area contributed by atoms with E-state index < -0.39 is 5.79 Å². The van der Waals surface area contributed by atoms with Crippen LogP contribution in [0.5, 0.6) is 0 Å². The van der Waals surface area contributed by atoms with Crippen molar-refractivity contribution in [3.63, 3.8) is 0 Å². The van der Waals surface area contributed by atoms with Gasteiger partial charge in [0.15, 0.2) is 5.79 Å². The molecule has 1 fully saturated rings. The second kappa shape index (κ2) is 4.68. The Kier molecular flexibility index (Phi) is 2.91. The van der Waals surface area contributed by atoms with Gasteiger partial charge in [-0.25, -0.2) is 0 Å². The number of likely N-dealkylation sites (N-methyl/N-ethyl adjacent to an activating group) is 1. The lowest BCUT2D eigenvalue weighted by molar-refractivity contribution is -0.161. The van der Waals surface area contributed by atoms with E-state index in [1.807, 2.05) is 30.1 Å². The van der Waals surface area contributed by atoms with Gasteiger partial charge in [0.2, 0.25) is 0 Å². The van der Waals surface area contributed by atoms with Gasteiger partial charge in [-0.2, -0.15) is 0 Å². The number of ether oxygens (including phenoxy) is 2. The van der Waals surface area contributed by atoms with E-state index in [2.05, 4.69) is 12.1 Å². The van der Waals surface area contributed by atoms with Crippen LogP contribution in [0.4, 0.5) is 0 Å². The molecule has 0 radical (unpaired) electrons. The van der Waals surface area contributed by atoms with E-state index in [0.29, 0.717) is 13.2 Å². The van der Waals surface area contributed by atoms with Gasteiger partial charge in [-0.15, -0.1) is 0 Å². The molecular formula is C17H19NO3. The molecule has 1 unspecified atom stereocenters. The fraction of sp³-hybridized carbons (Fsp3) is 0.471. The SMILES string of the molecule is CN1C(=O)c2ccccc2C1C1=CCC2(CC1)OCCO2. The third kappa shape index (κ3) is 1.93. The minimum atomic E-state index is -0.399. The summed E-state index contributed by atoms with van der Waals surface area (Å²) in [6, 6.07) is 7.99. The molecule has 2 heterocycles. The smallest absolute Gasteiger partial charge is 0.254 e. The molecule has 1 aliphatic carbocycles. The number of benzene rings is 1. The summed E-state index contributed by atoms with van der Waals surface area (Å²) in [5.41, 5.74) is 3.26. The minimum absolute atomic E-state index is 0.0763. The van der Waals surface area contributed by atoms with E-state index in [1.165, 1.54) is 5.57 Å². The summed E-state index contributed by atoms with van der Waals surface area (Å²) < 4.78 is 11.5. The Bertz CT molecular complexity index is 616. The maximum absolute atomic E-state index is 12.3. The quantitative estimate of drug-likeness (QED) is 0.745. The number of carbonyl (C=O) groups excluding carboxylic acids is 1. The Morgan fingerprint density at radius 1 is 1.24 bits per heavy atom. The Labute approximate surface area is 124 Å². The fourth-order valence-electron chi connectivity index (χ4n) is 3.73. The topological polar surface area (TPSA) is 38.8 Å². The highest BCUT2D eigenvalue weighted by atomic mass is 16.7. The number of hydrogen-bond acceptors (Lipinski definition) is 3. The highest BCUT2D eigenvalue weighted by molar-refractivity contribution is 5.99. The van der Waals surface area contributed by atoms with Gasteiger partial charge in [0.05, 0.1) is 19.3 Å². The van der Waals surface area contributed by atoms with Gasteiger partial charge in [0, 0.05) is 25.5 Å². The van der Waals surface area contributed by atoms with Gasteiger partial charge in [-0.3, -0.25) is 4.79 Å². The lowest BCUT2D eigenvalue weighted by atomic mass is 9.87. The standard InChI is InChI=1S/C17H19NO3/c1-18-15(13-4-2-3-5-14(13)16(18)19)12-6-8-17(9-7-12)20-10-11-21-17/h2-6,15H,7-11H2,1H3. The Morgan fingerprint density at radius 3 is 2.71 bits per heavy atom.